The van der Waals surface area contributed by atoms with Crippen molar-refractivity contribution in [3.63, 3.8) is 0 Å². The summed E-state index contributed by atoms with van der Waals surface area (Å²) in [6.45, 7) is 5.97. The van der Waals surface area contributed by atoms with Crippen LogP contribution in [0.25, 0.3) is 0 Å². The summed E-state index contributed by atoms with van der Waals surface area (Å²) in [5, 5.41) is 11.3. The van der Waals surface area contributed by atoms with Gasteiger partial charge in [0.05, 0.1) is 17.8 Å². The third-order valence-electron chi connectivity index (χ3n) is 4.83. The maximum Gasteiger partial charge on any atom is 0.315 e. The number of halogens is 1. The van der Waals surface area contributed by atoms with Gasteiger partial charge in [0.15, 0.2) is 0 Å². The van der Waals surface area contributed by atoms with Crippen molar-refractivity contribution in [1.29, 1.82) is 0 Å². The standard InChI is InChI=1S/C18H23ClN4O/c1-10(17-11(2)22-23(4)12(17)3)20-18(24)21-16-8-5-13-9-14(19)6-7-15(13)16/h6-7,9-10,16H,5,8H2,1-4H3,(H2,20,21,24). The normalized spacial score (nSPS) is 17.5. The van der Waals surface area contributed by atoms with Crippen LogP contribution in [0.3, 0.4) is 0 Å². The zero-order valence-corrected chi connectivity index (χ0v) is 15.2. The molecular formula is C18H23ClN4O. The van der Waals surface area contributed by atoms with Crippen LogP contribution < -0.4 is 10.6 Å². The first-order valence-electron chi connectivity index (χ1n) is 8.22. The molecule has 0 aliphatic heterocycles. The average molecular weight is 347 g/mol. The van der Waals surface area contributed by atoms with Crippen LogP contribution in [-0.4, -0.2) is 15.8 Å². The van der Waals surface area contributed by atoms with Crippen molar-refractivity contribution >= 4 is 17.6 Å². The van der Waals surface area contributed by atoms with E-state index in [1.54, 1.807) is 0 Å². The summed E-state index contributed by atoms with van der Waals surface area (Å²) < 4.78 is 1.84. The highest BCUT2D eigenvalue weighted by Gasteiger charge is 2.25. The summed E-state index contributed by atoms with van der Waals surface area (Å²) in [6.07, 6.45) is 1.85. The minimum Gasteiger partial charge on any atom is -0.331 e. The number of amides is 2. The molecule has 5 nitrogen and oxygen atoms in total. The Kier molecular flexibility index (Phi) is 4.54. The van der Waals surface area contributed by atoms with Crippen molar-refractivity contribution in [2.24, 2.45) is 7.05 Å². The number of carbonyl (C=O) groups excluding carboxylic acids is 1. The van der Waals surface area contributed by atoms with Gasteiger partial charge in [0, 0.05) is 23.3 Å². The summed E-state index contributed by atoms with van der Waals surface area (Å²) >= 11 is 6.04. The van der Waals surface area contributed by atoms with Crippen molar-refractivity contribution < 1.29 is 4.79 Å². The molecule has 1 aliphatic carbocycles. The van der Waals surface area contributed by atoms with Gasteiger partial charge in [-0.15, -0.1) is 0 Å². The third kappa shape index (κ3) is 3.13. The van der Waals surface area contributed by atoms with E-state index in [1.165, 1.54) is 5.56 Å². The van der Waals surface area contributed by atoms with Crippen LogP contribution in [-0.2, 0) is 13.5 Å². The molecule has 2 aromatic rings. The van der Waals surface area contributed by atoms with Gasteiger partial charge in [0.1, 0.15) is 0 Å². The molecule has 3 rings (SSSR count). The van der Waals surface area contributed by atoms with Gasteiger partial charge in [-0.3, -0.25) is 4.68 Å². The molecule has 6 heteroatoms. The number of aryl methyl sites for hydroxylation is 3. The van der Waals surface area contributed by atoms with E-state index in [2.05, 4.69) is 15.7 Å². The van der Waals surface area contributed by atoms with Gasteiger partial charge < -0.3 is 10.6 Å². The van der Waals surface area contributed by atoms with Crippen molar-refractivity contribution in [3.05, 3.63) is 51.3 Å². The number of fused-ring (bicyclic) bond motifs is 1. The molecule has 2 unspecified atom stereocenters. The van der Waals surface area contributed by atoms with Crippen molar-refractivity contribution in [2.75, 3.05) is 0 Å². The first kappa shape index (κ1) is 16.8. The first-order valence-corrected chi connectivity index (χ1v) is 8.60. The van der Waals surface area contributed by atoms with Crippen LogP contribution in [0, 0.1) is 13.8 Å². The lowest BCUT2D eigenvalue weighted by Gasteiger charge is -2.19. The molecule has 0 fully saturated rings. The Labute approximate surface area is 147 Å². The second kappa shape index (κ2) is 6.48. The highest BCUT2D eigenvalue weighted by Crippen LogP contribution is 2.32. The van der Waals surface area contributed by atoms with E-state index in [0.29, 0.717) is 0 Å². The molecule has 1 heterocycles. The number of urea groups is 1. The van der Waals surface area contributed by atoms with Crippen LogP contribution in [0.4, 0.5) is 4.79 Å². The molecule has 0 bridgehead atoms. The van der Waals surface area contributed by atoms with Crippen molar-refractivity contribution in [3.8, 4) is 0 Å². The van der Waals surface area contributed by atoms with Crippen LogP contribution in [0.1, 0.15) is 53.5 Å². The number of nitrogens with zero attached hydrogens (tertiary/aromatic N) is 2. The van der Waals surface area contributed by atoms with Gasteiger partial charge >= 0.3 is 6.03 Å². The maximum atomic E-state index is 12.4. The Hall–Kier alpha value is -2.01. The van der Waals surface area contributed by atoms with E-state index in [9.17, 15) is 4.79 Å². The predicted molar refractivity (Wildman–Crippen MR) is 95.3 cm³/mol. The van der Waals surface area contributed by atoms with E-state index >= 15 is 0 Å². The Balaban J connectivity index is 1.67. The number of rotatable bonds is 3. The number of aromatic nitrogens is 2. The van der Waals surface area contributed by atoms with Gasteiger partial charge in [0.2, 0.25) is 0 Å². The lowest BCUT2D eigenvalue weighted by atomic mass is 10.1. The minimum atomic E-state index is -0.155. The Morgan fingerprint density at radius 3 is 2.83 bits per heavy atom. The monoisotopic (exact) mass is 346 g/mol. The van der Waals surface area contributed by atoms with E-state index in [0.717, 1.165) is 40.4 Å². The van der Waals surface area contributed by atoms with E-state index < -0.39 is 0 Å². The van der Waals surface area contributed by atoms with E-state index in [1.807, 2.05) is 50.7 Å². The Morgan fingerprint density at radius 2 is 2.17 bits per heavy atom. The molecule has 1 aliphatic rings. The molecule has 0 radical (unpaired) electrons. The average Bonchev–Trinajstić information content (AvgIpc) is 2.99. The number of benzene rings is 1. The zero-order valence-electron chi connectivity index (χ0n) is 14.5. The minimum absolute atomic E-state index is 0.0422. The molecule has 0 saturated heterocycles. The number of hydrogen-bond donors (Lipinski definition) is 2. The molecule has 2 N–H and O–H groups in total. The molecule has 0 spiro atoms. The highest BCUT2D eigenvalue weighted by atomic mass is 35.5. The summed E-state index contributed by atoms with van der Waals surface area (Å²) in [6, 6.07) is 5.67. The summed E-state index contributed by atoms with van der Waals surface area (Å²) in [5.74, 6) is 0. The van der Waals surface area contributed by atoms with Crippen LogP contribution in [0.15, 0.2) is 18.2 Å². The van der Waals surface area contributed by atoms with Crippen molar-refractivity contribution in [2.45, 2.75) is 45.7 Å². The fraction of sp³-hybridized carbons (Fsp3) is 0.444. The van der Waals surface area contributed by atoms with Crippen LogP contribution >= 0.6 is 11.6 Å². The lowest BCUT2D eigenvalue weighted by Crippen LogP contribution is -2.38. The van der Waals surface area contributed by atoms with Gasteiger partial charge in [-0.1, -0.05) is 17.7 Å². The largest absolute Gasteiger partial charge is 0.331 e. The molecule has 24 heavy (non-hydrogen) atoms. The van der Waals surface area contributed by atoms with E-state index in [4.69, 9.17) is 11.6 Å². The molecule has 1 aromatic carbocycles. The highest BCUT2D eigenvalue weighted by molar-refractivity contribution is 6.30. The quantitative estimate of drug-likeness (QED) is 0.889. The fourth-order valence-corrected chi connectivity index (χ4v) is 3.82. The second-order valence-electron chi connectivity index (χ2n) is 6.48. The zero-order chi connectivity index (χ0) is 17.4. The van der Waals surface area contributed by atoms with Crippen LogP contribution in [0.5, 0.6) is 0 Å². The third-order valence-corrected chi connectivity index (χ3v) is 5.07. The van der Waals surface area contributed by atoms with Gasteiger partial charge in [-0.25, -0.2) is 4.79 Å². The lowest BCUT2D eigenvalue weighted by molar-refractivity contribution is 0.234. The topological polar surface area (TPSA) is 59.0 Å². The summed E-state index contributed by atoms with van der Waals surface area (Å²) in [4.78, 5) is 12.4. The Morgan fingerprint density at radius 1 is 1.42 bits per heavy atom. The molecule has 0 saturated carbocycles. The van der Waals surface area contributed by atoms with Crippen molar-refractivity contribution in [1.82, 2.24) is 20.4 Å². The van der Waals surface area contributed by atoms with Crippen LogP contribution in [0.2, 0.25) is 5.02 Å². The molecule has 2 amide bonds. The number of carbonyl (C=O) groups is 1. The van der Waals surface area contributed by atoms with E-state index in [-0.39, 0.29) is 18.1 Å². The molecule has 128 valence electrons. The smallest absolute Gasteiger partial charge is 0.315 e. The molecular weight excluding hydrogens is 324 g/mol. The first-order chi connectivity index (χ1) is 11.4. The van der Waals surface area contributed by atoms with Gasteiger partial charge in [0.25, 0.3) is 0 Å². The summed E-state index contributed by atoms with van der Waals surface area (Å²) in [7, 11) is 1.92. The van der Waals surface area contributed by atoms with Gasteiger partial charge in [-0.2, -0.15) is 5.10 Å². The van der Waals surface area contributed by atoms with Gasteiger partial charge in [-0.05, 0) is 56.9 Å². The number of nitrogens with one attached hydrogen (secondary N) is 2. The SMILES string of the molecule is Cc1nn(C)c(C)c1C(C)NC(=O)NC1CCc2cc(Cl)ccc21. The Bertz CT molecular complexity index is 784. The molecule has 2 atom stereocenters. The summed E-state index contributed by atoms with van der Waals surface area (Å²) in [5.41, 5.74) is 5.48. The second-order valence-corrected chi connectivity index (χ2v) is 6.92. The maximum absolute atomic E-state index is 12.4. The fourth-order valence-electron chi connectivity index (χ4n) is 3.62. The number of hydrogen-bond acceptors (Lipinski definition) is 2. The predicted octanol–water partition coefficient (Wildman–Crippen LogP) is 3.74. The molecule has 1 aromatic heterocycles.